The third-order valence-electron chi connectivity index (χ3n) is 3.39. The quantitative estimate of drug-likeness (QED) is 0.847. The van der Waals surface area contributed by atoms with Crippen molar-refractivity contribution in [2.24, 2.45) is 0 Å². The third kappa shape index (κ3) is 3.36. The summed E-state index contributed by atoms with van der Waals surface area (Å²) in [7, 11) is -3.61. The van der Waals surface area contributed by atoms with E-state index in [9.17, 15) is 13.5 Å². The molecule has 1 aromatic heterocycles. The van der Waals surface area contributed by atoms with E-state index in [4.69, 9.17) is 4.42 Å². The molecule has 2 heterocycles. The van der Waals surface area contributed by atoms with E-state index in [1.54, 1.807) is 19.1 Å². The maximum absolute atomic E-state index is 12.3. The van der Waals surface area contributed by atoms with Crippen LogP contribution in [0.4, 0.5) is 0 Å². The van der Waals surface area contributed by atoms with Gasteiger partial charge < -0.3 is 9.52 Å². The minimum absolute atomic E-state index is 0.143. The van der Waals surface area contributed by atoms with Crippen LogP contribution in [0.5, 0.6) is 0 Å². The number of aliphatic hydroxyl groups is 1. The highest BCUT2D eigenvalue weighted by atomic mass is 32.2. The molecule has 0 aromatic carbocycles. The van der Waals surface area contributed by atoms with E-state index in [0.717, 1.165) is 12.8 Å². The van der Waals surface area contributed by atoms with Crippen LogP contribution in [0.15, 0.2) is 22.8 Å². The Bertz CT molecular complexity index is 486. The van der Waals surface area contributed by atoms with E-state index >= 15 is 0 Å². The number of nitrogens with zero attached hydrogens (tertiary/aromatic N) is 1. The average Bonchev–Trinajstić information content (AvgIpc) is 2.92. The summed E-state index contributed by atoms with van der Waals surface area (Å²) in [6.45, 7) is 2.04. The topological polar surface area (TPSA) is 82.8 Å². The maximum Gasteiger partial charge on any atom is 0.280 e. The van der Waals surface area contributed by atoms with E-state index < -0.39 is 16.3 Å². The summed E-state index contributed by atoms with van der Waals surface area (Å²) in [6.07, 6.45) is 3.99. The summed E-state index contributed by atoms with van der Waals surface area (Å²) in [5.74, 6) is 0.570. The first-order chi connectivity index (χ1) is 9.04. The number of furan rings is 1. The largest absolute Gasteiger partial charge is 0.468 e. The van der Waals surface area contributed by atoms with Gasteiger partial charge in [-0.15, -0.1) is 0 Å². The van der Waals surface area contributed by atoms with Crippen LogP contribution >= 0.6 is 0 Å². The molecule has 1 aliphatic rings. The van der Waals surface area contributed by atoms with Crippen LogP contribution in [-0.2, 0) is 10.2 Å². The van der Waals surface area contributed by atoms with Gasteiger partial charge in [0.1, 0.15) is 5.76 Å². The fourth-order valence-electron chi connectivity index (χ4n) is 2.36. The molecular formula is C12H20N2O4S. The molecule has 0 spiro atoms. The van der Waals surface area contributed by atoms with Crippen molar-refractivity contribution in [3.63, 3.8) is 0 Å². The molecule has 6 nitrogen and oxygen atoms in total. The smallest absolute Gasteiger partial charge is 0.280 e. The molecule has 0 amide bonds. The SMILES string of the molecule is CC(NS(=O)(=O)N1CCCCC1CO)c1ccco1. The Morgan fingerprint density at radius 2 is 2.37 bits per heavy atom. The van der Waals surface area contributed by atoms with Crippen LogP contribution in [0.1, 0.15) is 38.0 Å². The number of aliphatic hydroxyl groups excluding tert-OH is 1. The van der Waals surface area contributed by atoms with Gasteiger partial charge >= 0.3 is 0 Å². The number of piperidine rings is 1. The second kappa shape index (κ2) is 6.04. The highest BCUT2D eigenvalue weighted by Gasteiger charge is 2.33. The lowest BCUT2D eigenvalue weighted by molar-refractivity contribution is 0.153. The van der Waals surface area contributed by atoms with Crippen molar-refractivity contribution < 1.29 is 17.9 Å². The first kappa shape index (κ1) is 14.5. The molecule has 19 heavy (non-hydrogen) atoms. The lowest BCUT2D eigenvalue weighted by atomic mass is 10.1. The van der Waals surface area contributed by atoms with Crippen LogP contribution in [0, 0.1) is 0 Å². The molecule has 0 radical (unpaired) electrons. The Kier molecular flexibility index (Phi) is 4.62. The normalized spacial score (nSPS) is 23.4. The van der Waals surface area contributed by atoms with Gasteiger partial charge in [0.15, 0.2) is 0 Å². The van der Waals surface area contributed by atoms with Crippen molar-refractivity contribution in [3.8, 4) is 0 Å². The molecule has 2 rings (SSSR count). The van der Waals surface area contributed by atoms with E-state index in [0.29, 0.717) is 18.7 Å². The Balaban J connectivity index is 2.08. The molecular weight excluding hydrogens is 268 g/mol. The van der Waals surface area contributed by atoms with Crippen molar-refractivity contribution in [3.05, 3.63) is 24.2 Å². The first-order valence-corrected chi connectivity index (χ1v) is 7.92. The van der Waals surface area contributed by atoms with Crippen LogP contribution in [0.3, 0.4) is 0 Å². The van der Waals surface area contributed by atoms with Crippen molar-refractivity contribution in [1.29, 1.82) is 0 Å². The molecule has 7 heteroatoms. The van der Waals surface area contributed by atoms with Gasteiger partial charge in [-0.1, -0.05) is 6.42 Å². The maximum atomic E-state index is 12.3. The molecule has 0 bridgehead atoms. The highest BCUT2D eigenvalue weighted by molar-refractivity contribution is 7.87. The second-order valence-corrected chi connectivity index (χ2v) is 6.46. The zero-order valence-electron chi connectivity index (χ0n) is 10.9. The molecule has 1 aromatic rings. The van der Waals surface area contributed by atoms with Crippen molar-refractivity contribution in [1.82, 2.24) is 9.03 Å². The van der Waals surface area contributed by atoms with Gasteiger partial charge in [0.2, 0.25) is 0 Å². The molecule has 0 saturated carbocycles. The van der Waals surface area contributed by atoms with Gasteiger partial charge in [0.25, 0.3) is 10.2 Å². The van der Waals surface area contributed by atoms with Crippen molar-refractivity contribution in [2.45, 2.75) is 38.3 Å². The summed E-state index contributed by atoms with van der Waals surface area (Å²) >= 11 is 0. The van der Waals surface area contributed by atoms with Gasteiger partial charge in [0.05, 0.1) is 18.9 Å². The number of hydrogen-bond acceptors (Lipinski definition) is 4. The van der Waals surface area contributed by atoms with Gasteiger partial charge in [0, 0.05) is 12.6 Å². The lowest BCUT2D eigenvalue weighted by Crippen LogP contribution is -2.50. The molecule has 1 aliphatic heterocycles. The van der Waals surface area contributed by atoms with Crippen molar-refractivity contribution in [2.75, 3.05) is 13.2 Å². The average molecular weight is 288 g/mol. The number of hydrogen-bond donors (Lipinski definition) is 2. The van der Waals surface area contributed by atoms with Crippen LogP contribution in [0.25, 0.3) is 0 Å². The Hall–Kier alpha value is -0.890. The Labute approximate surface area is 113 Å². The van der Waals surface area contributed by atoms with Crippen LogP contribution in [0.2, 0.25) is 0 Å². The summed E-state index contributed by atoms with van der Waals surface area (Å²) in [4.78, 5) is 0. The molecule has 1 fully saturated rings. The summed E-state index contributed by atoms with van der Waals surface area (Å²) in [5.41, 5.74) is 0. The number of nitrogens with one attached hydrogen (secondary N) is 1. The van der Waals surface area contributed by atoms with Crippen LogP contribution in [-0.4, -0.2) is 37.0 Å². The summed E-state index contributed by atoms with van der Waals surface area (Å²) in [5, 5.41) is 9.29. The Morgan fingerprint density at radius 1 is 1.58 bits per heavy atom. The van der Waals surface area contributed by atoms with Gasteiger partial charge in [-0.05, 0) is 31.9 Å². The predicted octanol–water partition coefficient (Wildman–Crippen LogP) is 1.02. The minimum Gasteiger partial charge on any atom is -0.468 e. The predicted molar refractivity (Wildman–Crippen MR) is 70.6 cm³/mol. The van der Waals surface area contributed by atoms with Gasteiger partial charge in [-0.25, -0.2) is 0 Å². The molecule has 2 atom stereocenters. The number of rotatable bonds is 5. The van der Waals surface area contributed by atoms with E-state index in [1.165, 1.54) is 10.6 Å². The van der Waals surface area contributed by atoms with Gasteiger partial charge in [-0.3, -0.25) is 0 Å². The van der Waals surface area contributed by atoms with E-state index in [1.807, 2.05) is 0 Å². The highest BCUT2D eigenvalue weighted by Crippen LogP contribution is 2.21. The van der Waals surface area contributed by atoms with Crippen molar-refractivity contribution >= 4 is 10.2 Å². The zero-order valence-corrected chi connectivity index (χ0v) is 11.8. The molecule has 2 unspecified atom stereocenters. The standard InChI is InChI=1S/C12H20N2O4S/c1-10(12-6-4-8-18-12)13-19(16,17)14-7-3-2-5-11(14)9-15/h4,6,8,10-11,13,15H,2-3,5,7,9H2,1H3. The minimum atomic E-state index is -3.61. The summed E-state index contributed by atoms with van der Waals surface area (Å²) < 4.78 is 33.8. The monoisotopic (exact) mass is 288 g/mol. The second-order valence-electron chi connectivity index (χ2n) is 4.80. The molecule has 0 aliphatic carbocycles. The fourth-order valence-corrected chi connectivity index (χ4v) is 3.99. The van der Waals surface area contributed by atoms with E-state index in [2.05, 4.69) is 4.72 Å². The molecule has 1 saturated heterocycles. The van der Waals surface area contributed by atoms with Gasteiger partial charge in [-0.2, -0.15) is 17.4 Å². The lowest BCUT2D eigenvalue weighted by Gasteiger charge is -2.34. The molecule has 108 valence electrons. The zero-order chi connectivity index (χ0) is 13.9. The Morgan fingerprint density at radius 3 is 3.00 bits per heavy atom. The summed E-state index contributed by atoms with van der Waals surface area (Å²) in [6, 6.07) is 2.70. The third-order valence-corrected chi connectivity index (χ3v) is 5.14. The van der Waals surface area contributed by atoms with Crippen LogP contribution < -0.4 is 4.72 Å². The van der Waals surface area contributed by atoms with E-state index in [-0.39, 0.29) is 12.6 Å². The fraction of sp³-hybridized carbons (Fsp3) is 0.667. The first-order valence-electron chi connectivity index (χ1n) is 6.48. The molecule has 2 N–H and O–H groups in total.